The van der Waals surface area contributed by atoms with Crippen LogP contribution in [-0.2, 0) is 6.42 Å². The number of hydrogen-bond donors (Lipinski definition) is 0. The molecule has 0 unspecified atom stereocenters. The normalized spacial score (nSPS) is 9.93. The van der Waals surface area contributed by atoms with Crippen molar-refractivity contribution in [3.05, 3.63) is 30.7 Å². The van der Waals surface area contributed by atoms with Gasteiger partial charge in [0.2, 0.25) is 0 Å². The third-order valence-electron chi connectivity index (χ3n) is 1.85. The van der Waals surface area contributed by atoms with Gasteiger partial charge in [-0.3, -0.25) is 0 Å². The zero-order valence-corrected chi connectivity index (χ0v) is 9.84. The third-order valence-corrected chi connectivity index (χ3v) is 2.18. The molecule has 0 saturated heterocycles. The Kier molecular flexibility index (Phi) is 4.80. The molecule has 0 amide bonds. The Hall–Kier alpha value is -0.700. The molecule has 0 atom stereocenters. The summed E-state index contributed by atoms with van der Waals surface area (Å²) in [7, 11) is 1.64. The Balaban J connectivity index is 2.82. The van der Waals surface area contributed by atoms with Crippen molar-refractivity contribution in [2.24, 2.45) is 0 Å². The van der Waals surface area contributed by atoms with Crippen LogP contribution in [-0.4, -0.2) is 19.0 Å². The van der Waals surface area contributed by atoms with Gasteiger partial charge in [-0.25, -0.2) is 0 Å². The molecule has 0 aliphatic rings. The van der Waals surface area contributed by atoms with Gasteiger partial charge in [-0.2, -0.15) is 0 Å². The number of alkyl halides is 1. The van der Waals surface area contributed by atoms with E-state index < -0.39 is 0 Å². The zero-order chi connectivity index (χ0) is 10.4. The van der Waals surface area contributed by atoms with Crippen LogP contribution in [0.3, 0.4) is 0 Å². The van der Waals surface area contributed by atoms with Crippen molar-refractivity contribution in [3.63, 3.8) is 0 Å². The molecule has 1 rings (SSSR count). The molecule has 0 fully saturated rings. The van der Waals surface area contributed by atoms with E-state index in [0.29, 0.717) is 6.61 Å². The fraction of sp³-hybridized carbons (Fsp3) is 0.364. The van der Waals surface area contributed by atoms with E-state index in [-0.39, 0.29) is 0 Å². The molecule has 0 spiro atoms. The van der Waals surface area contributed by atoms with Gasteiger partial charge in [0.1, 0.15) is 0 Å². The molecule has 1 aromatic rings. The summed E-state index contributed by atoms with van der Waals surface area (Å²) in [4.78, 5) is 0. The summed E-state index contributed by atoms with van der Waals surface area (Å²) in [5, 5.41) is 0.813. The molecule has 3 heteroatoms. The van der Waals surface area contributed by atoms with Crippen LogP contribution in [0, 0.1) is 6.92 Å². The summed E-state index contributed by atoms with van der Waals surface area (Å²) in [6.07, 6.45) is 0.759. The van der Waals surface area contributed by atoms with Crippen LogP contribution in [0.2, 0.25) is 0 Å². The Morgan fingerprint density at radius 2 is 2.14 bits per heavy atom. The van der Waals surface area contributed by atoms with E-state index in [4.69, 9.17) is 9.47 Å². The predicted molar refractivity (Wildman–Crippen MR) is 61.3 cm³/mol. The van der Waals surface area contributed by atoms with Crippen LogP contribution in [0.4, 0.5) is 0 Å². The first-order valence-electron chi connectivity index (χ1n) is 4.46. The van der Waals surface area contributed by atoms with Crippen molar-refractivity contribution in [2.75, 3.05) is 19.0 Å². The van der Waals surface area contributed by atoms with Crippen LogP contribution in [0.5, 0.6) is 11.5 Å². The van der Waals surface area contributed by atoms with Crippen LogP contribution in [0.15, 0.2) is 18.2 Å². The summed E-state index contributed by atoms with van der Waals surface area (Å²) in [5.41, 5.74) is 1.15. The molecule has 1 radical (unpaired) electrons. The maximum Gasteiger partial charge on any atom is 0.161 e. The number of methoxy groups -OCH3 is 1. The largest absolute Gasteiger partial charge is 0.493 e. The average molecular weight is 258 g/mol. The average Bonchev–Trinajstić information content (AvgIpc) is 2.26. The fourth-order valence-electron chi connectivity index (χ4n) is 1.14. The van der Waals surface area contributed by atoms with Gasteiger partial charge in [-0.05, 0) is 31.0 Å². The van der Waals surface area contributed by atoms with Gasteiger partial charge in [-0.15, -0.1) is 0 Å². The minimum absolute atomic E-state index is 0.639. The van der Waals surface area contributed by atoms with E-state index in [0.717, 1.165) is 28.8 Å². The number of benzene rings is 1. The van der Waals surface area contributed by atoms with Crippen molar-refractivity contribution in [1.29, 1.82) is 0 Å². The maximum atomic E-state index is 5.48. The second-order valence-electron chi connectivity index (χ2n) is 2.77. The highest BCUT2D eigenvalue weighted by molar-refractivity contribution is 9.09. The highest BCUT2D eigenvalue weighted by Crippen LogP contribution is 2.28. The summed E-state index contributed by atoms with van der Waals surface area (Å²) in [6, 6.07) is 5.87. The third kappa shape index (κ3) is 2.91. The highest BCUT2D eigenvalue weighted by Gasteiger charge is 2.04. The molecule has 77 valence electrons. The number of rotatable bonds is 5. The Bertz CT molecular complexity index is 287. The first kappa shape index (κ1) is 11.4. The lowest BCUT2D eigenvalue weighted by Gasteiger charge is -2.10. The second kappa shape index (κ2) is 5.91. The molecule has 0 N–H and O–H groups in total. The molecule has 0 aliphatic carbocycles. The Labute approximate surface area is 93.4 Å². The Morgan fingerprint density at radius 3 is 2.71 bits per heavy atom. The molecule has 0 aromatic heterocycles. The summed E-state index contributed by atoms with van der Waals surface area (Å²) in [6.45, 7) is 4.46. The molecular weight excluding hydrogens is 244 g/mol. The standard InChI is InChI=1S/C11H14BrO2/c1-3-9-4-5-10(14-7-6-12)11(8-9)13-2/h4-5,8H,1,3,6-7H2,2H3. The lowest BCUT2D eigenvalue weighted by atomic mass is 10.1. The van der Waals surface area contributed by atoms with E-state index >= 15 is 0 Å². The second-order valence-corrected chi connectivity index (χ2v) is 3.57. The van der Waals surface area contributed by atoms with E-state index in [1.54, 1.807) is 7.11 Å². The lowest BCUT2D eigenvalue weighted by molar-refractivity contribution is 0.314. The van der Waals surface area contributed by atoms with E-state index in [1.807, 2.05) is 18.2 Å². The number of ether oxygens (including phenoxy) is 2. The SMILES string of the molecule is [CH2]Cc1ccc(OCCBr)c(OC)c1. The molecule has 0 heterocycles. The first-order chi connectivity index (χ1) is 6.81. The smallest absolute Gasteiger partial charge is 0.161 e. The fourth-order valence-corrected chi connectivity index (χ4v) is 1.30. The Morgan fingerprint density at radius 1 is 1.36 bits per heavy atom. The van der Waals surface area contributed by atoms with Crippen molar-refractivity contribution < 1.29 is 9.47 Å². The summed E-state index contributed by atoms with van der Waals surface area (Å²) >= 11 is 3.31. The molecule has 1 aromatic carbocycles. The highest BCUT2D eigenvalue weighted by atomic mass is 79.9. The van der Waals surface area contributed by atoms with Crippen molar-refractivity contribution in [1.82, 2.24) is 0 Å². The van der Waals surface area contributed by atoms with E-state index in [9.17, 15) is 0 Å². The van der Waals surface area contributed by atoms with Crippen LogP contribution in [0.25, 0.3) is 0 Å². The molecular formula is C11H14BrO2. The maximum absolute atomic E-state index is 5.48. The summed E-state index contributed by atoms with van der Waals surface area (Å²) < 4.78 is 10.7. The predicted octanol–water partition coefficient (Wildman–Crippen LogP) is 2.85. The van der Waals surface area contributed by atoms with Crippen LogP contribution in [0.1, 0.15) is 5.56 Å². The van der Waals surface area contributed by atoms with Crippen molar-refractivity contribution >= 4 is 15.9 Å². The van der Waals surface area contributed by atoms with Gasteiger partial charge in [0.05, 0.1) is 13.7 Å². The summed E-state index contributed by atoms with van der Waals surface area (Å²) in [5.74, 6) is 1.55. The van der Waals surface area contributed by atoms with Crippen LogP contribution < -0.4 is 9.47 Å². The minimum Gasteiger partial charge on any atom is -0.493 e. The van der Waals surface area contributed by atoms with Crippen molar-refractivity contribution in [3.8, 4) is 11.5 Å². The first-order valence-corrected chi connectivity index (χ1v) is 5.59. The molecule has 2 nitrogen and oxygen atoms in total. The molecule has 0 bridgehead atoms. The number of hydrogen-bond acceptors (Lipinski definition) is 2. The topological polar surface area (TPSA) is 18.5 Å². The van der Waals surface area contributed by atoms with Gasteiger partial charge in [0.25, 0.3) is 0 Å². The molecule has 14 heavy (non-hydrogen) atoms. The van der Waals surface area contributed by atoms with E-state index in [2.05, 4.69) is 22.9 Å². The lowest BCUT2D eigenvalue weighted by Crippen LogP contribution is -2.00. The van der Waals surface area contributed by atoms with Gasteiger partial charge in [0, 0.05) is 5.33 Å². The van der Waals surface area contributed by atoms with Crippen LogP contribution >= 0.6 is 15.9 Å². The molecule has 0 aliphatic heterocycles. The monoisotopic (exact) mass is 257 g/mol. The zero-order valence-electron chi connectivity index (χ0n) is 8.25. The van der Waals surface area contributed by atoms with Gasteiger partial charge in [0.15, 0.2) is 11.5 Å². The van der Waals surface area contributed by atoms with E-state index in [1.165, 1.54) is 0 Å². The van der Waals surface area contributed by atoms with Gasteiger partial charge >= 0.3 is 0 Å². The van der Waals surface area contributed by atoms with Crippen molar-refractivity contribution in [2.45, 2.75) is 6.42 Å². The minimum atomic E-state index is 0.639. The quantitative estimate of drug-likeness (QED) is 0.756. The number of halogens is 1. The van der Waals surface area contributed by atoms with Gasteiger partial charge < -0.3 is 9.47 Å². The van der Waals surface area contributed by atoms with Gasteiger partial charge in [-0.1, -0.05) is 22.0 Å². The molecule has 0 saturated carbocycles.